The van der Waals surface area contributed by atoms with Crippen LogP contribution in [0.15, 0.2) is 24.3 Å². The molecule has 6 nitrogen and oxygen atoms in total. The lowest BCUT2D eigenvalue weighted by molar-refractivity contribution is -0.145. The second kappa shape index (κ2) is 7.62. The van der Waals surface area contributed by atoms with Crippen molar-refractivity contribution in [2.24, 2.45) is 11.5 Å². The Bertz CT molecular complexity index is 416. The van der Waals surface area contributed by atoms with Crippen molar-refractivity contribution in [3.05, 3.63) is 35.4 Å². The lowest BCUT2D eigenvalue weighted by atomic mass is 10.0. The molecule has 0 aliphatic rings. The van der Waals surface area contributed by atoms with Crippen LogP contribution in [0.3, 0.4) is 0 Å². The molecule has 2 unspecified atom stereocenters. The number of rotatable bonds is 6. The topological polar surface area (TPSA) is 105 Å². The maximum Gasteiger partial charge on any atom is 0.327 e. The first-order valence-electron chi connectivity index (χ1n) is 6.45. The van der Waals surface area contributed by atoms with Gasteiger partial charge in [0.1, 0.15) is 12.1 Å². The predicted octanol–water partition coefficient (Wildman–Crippen LogP) is 0.812. The summed E-state index contributed by atoms with van der Waals surface area (Å²) in [6, 6.07) is 4.91. The summed E-state index contributed by atoms with van der Waals surface area (Å²) in [5.41, 5.74) is 12.7. The van der Waals surface area contributed by atoms with E-state index in [9.17, 15) is 9.59 Å². The van der Waals surface area contributed by atoms with Gasteiger partial charge in [-0.15, -0.1) is 0 Å². The molecule has 2 atom stereocenters. The molecule has 0 saturated heterocycles. The van der Waals surface area contributed by atoms with Crippen molar-refractivity contribution in [3.63, 3.8) is 0 Å². The molecule has 6 heteroatoms. The molecule has 0 amide bonds. The van der Waals surface area contributed by atoms with E-state index in [1.807, 2.05) is 0 Å². The fraction of sp³-hybridized carbons (Fsp3) is 0.429. The monoisotopic (exact) mass is 280 g/mol. The Hall–Kier alpha value is -1.92. The number of carbonyl (C=O) groups is 2. The summed E-state index contributed by atoms with van der Waals surface area (Å²) in [4.78, 5) is 23.0. The van der Waals surface area contributed by atoms with Gasteiger partial charge in [0.15, 0.2) is 0 Å². The highest BCUT2D eigenvalue weighted by atomic mass is 16.5. The molecule has 1 aromatic carbocycles. The average Bonchev–Trinajstić information content (AvgIpc) is 2.46. The van der Waals surface area contributed by atoms with Crippen molar-refractivity contribution >= 4 is 11.9 Å². The van der Waals surface area contributed by atoms with Gasteiger partial charge in [0.25, 0.3) is 0 Å². The van der Waals surface area contributed by atoms with Gasteiger partial charge < -0.3 is 20.9 Å². The quantitative estimate of drug-likeness (QED) is 0.747. The number of hydrogen-bond acceptors (Lipinski definition) is 6. The van der Waals surface area contributed by atoms with Crippen LogP contribution < -0.4 is 11.5 Å². The molecule has 0 radical (unpaired) electrons. The first-order valence-corrected chi connectivity index (χ1v) is 6.45. The van der Waals surface area contributed by atoms with Gasteiger partial charge in [0.2, 0.25) is 0 Å². The summed E-state index contributed by atoms with van der Waals surface area (Å²) in [5, 5.41) is 0. The van der Waals surface area contributed by atoms with Gasteiger partial charge >= 0.3 is 11.9 Å². The van der Waals surface area contributed by atoms with Gasteiger partial charge in [0, 0.05) is 0 Å². The smallest absolute Gasteiger partial charge is 0.327 e. The van der Waals surface area contributed by atoms with Crippen LogP contribution in [0, 0.1) is 0 Å². The highest BCUT2D eigenvalue weighted by Crippen LogP contribution is 2.17. The summed E-state index contributed by atoms with van der Waals surface area (Å²) in [5.74, 6) is -0.982. The SMILES string of the molecule is CCOC(=O)C(N)c1ccc(C(N)C(=O)OCC)cc1. The molecule has 110 valence electrons. The van der Waals surface area contributed by atoms with E-state index in [2.05, 4.69) is 0 Å². The van der Waals surface area contributed by atoms with Crippen molar-refractivity contribution in [3.8, 4) is 0 Å². The van der Waals surface area contributed by atoms with E-state index in [1.165, 1.54) is 0 Å². The molecule has 0 saturated carbocycles. The number of nitrogens with two attached hydrogens (primary N) is 2. The Morgan fingerprint density at radius 1 is 0.900 bits per heavy atom. The molecule has 0 spiro atoms. The van der Waals surface area contributed by atoms with Crippen LogP contribution in [-0.2, 0) is 19.1 Å². The van der Waals surface area contributed by atoms with E-state index in [0.717, 1.165) is 0 Å². The first kappa shape index (κ1) is 16.1. The average molecular weight is 280 g/mol. The predicted molar refractivity (Wildman–Crippen MR) is 73.6 cm³/mol. The normalized spacial score (nSPS) is 13.4. The zero-order chi connectivity index (χ0) is 15.1. The van der Waals surface area contributed by atoms with Crippen LogP contribution in [0.2, 0.25) is 0 Å². The third-order valence-electron chi connectivity index (χ3n) is 2.74. The van der Waals surface area contributed by atoms with E-state index >= 15 is 0 Å². The number of carbonyl (C=O) groups excluding carboxylic acids is 2. The molecule has 0 aliphatic heterocycles. The van der Waals surface area contributed by atoms with Gasteiger partial charge in [-0.25, -0.2) is 9.59 Å². The van der Waals surface area contributed by atoms with Crippen molar-refractivity contribution in [1.29, 1.82) is 0 Å². The fourth-order valence-electron chi connectivity index (χ4n) is 1.65. The minimum absolute atomic E-state index is 0.276. The first-order chi connectivity index (χ1) is 9.51. The molecule has 1 rings (SSSR count). The van der Waals surface area contributed by atoms with Crippen LogP contribution in [-0.4, -0.2) is 25.2 Å². The molecule has 20 heavy (non-hydrogen) atoms. The Morgan fingerprint density at radius 3 is 1.45 bits per heavy atom. The number of ether oxygens (including phenoxy) is 2. The number of esters is 2. The Balaban J connectivity index is 2.78. The molecule has 1 aromatic rings. The van der Waals surface area contributed by atoms with Gasteiger partial charge in [-0.3, -0.25) is 0 Å². The van der Waals surface area contributed by atoms with E-state index in [-0.39, 0.29) is 13.2 Å². The molecule has 0 aliphatic carbocycles. The second-order valence-electron chi connectivity index (χ2n) is 4.13. The maximum absolute atomic E-state index is 11.5. The van der Waals surface area contributed by atoms with Crippen LogP contribution in [0.4, 0.5) is 0 Å². The van der Waals surface area contributed by atoms with Crippen molar-refractivity contribution in [1.82, 2.24) is 0 Å². The van der Waals surface area contributed by atoms with Crippen LogP contribution in [0.1, 0.15) is 37.1 Å². The molecule has 0 heterocycles. The van der Waals surface area contributed by atoms with Gasteiger partial charge in [-0.2, -0.15) is 0 Å². The minimum atomic E-state index is -0.845. The van der Waals surface area contributed by atoms with Gasteiger partial charge in [0.05, 0.1) is 13.2 Å². The standard InChI is InChI=1S/C14H20N2O4/c1-3-19-13(17)11(15)9-5-7-10(8-6-9)12(16)14(18)20-4-2/h5-8,11-12H,3-4,15-16H2,1-2H3. The highest BCUT2D eigenvalue weighted by Gasteiger charge is 2.19. The molecule has 0 bridgehead atoms. The van der Waals surface area contributed by atoms with E-state index in [1.54, 1.807) is 38.1 Å². The van der Waals surface area contributed by atoms with Gasteiger partial charge in [-0.05, 0) is 25.0 Å². The Morgan fingerprint density at radius 2 is 1.20 bits per heavy atom. The molecule has 0 aromatic heterocycles. The van der Waals surface area contributed by atoms with Crippen LogP contribution in [0.5, 0.6) is 0 Å². The van der Waals surface area contributed by atoms with Crippen LogP contribution >= 0.6 is 0 Å². The summed E-state index contributed by atoms with van der Waals surface area (Å²) in [6.45, 7) is 3.98. The van der Waals surface area contributed by atoms with Gasteiger partial charge in [-0.1, -0.05) is 24.3 Å². The zero-order valence-electron chi connectivity index (χ0n) is 11.7. The largest absolute Gasteiger partial charge is 0.465 e. The molecule has 4 N–H and O–H groups in total. The Labute approximate surface area is 118 Å². The van der Waals surface area contributed by atoms with Crippen LogP contribution in [0.25, 0.3) is 0 Å². The lowest BCUT2D eigenvalue weighted by Crippen LogP contribution is -2.25. The fourth-order valence-corrected chi connectivity index (χ4v) is 1.65. The lowest BCUT2D eigenvalue weighted by Gasteiger charge is -2.14. The summed E-state index contributed by atoms with van der Waals surface area (Å²) in [7, 11) is 0. The number of benzene rings is 1. The molecular weight excluding hydrogens is 260 g/mol. The summed E-state index contributed by atoms with van der Waals surface area (Å²) in [6.07, 6.45) is 0. The van der Waals surface area contributed by atoms with E-state index in [0.29, 0.717) is 11.1 Å². The molecule has 0 fully saturated rings. The summed E-state index contributed by atoms with van der Waals surface area (Å²) >= 11 is 0. The van der Waals surface area contributed by atoms with Crippen molar-refractivity contribution in [2.45, 2.75) is 25.9 Å². The van der Waals surface area contributed by atoms with Crippen molar-refractivity contribution < 1.29 is 19.1 Å². The Kier molecular flexibility index (Phi) is 6.14. The minimum Gasteiger partial charge on any atom is -0.465 e. The second-order valence-corrected chi connectivity index (χ2v) is 4.13. The third-order valence-corrected chi connectivity index (χ3v) is 2.74. The van der Waals surface area contributed by atoms with E-state index < -0.39 is 24.0 Å². The maximum atomic E-state index is 11.5. The zero-order valence-corrected chi connectivity index (χ0v) is 11.7. The highest BCUT2D eigenvalue weighted by molar-refractivity contribution is 5.78. The number of hydrogen-bond donors (Lipinski definition) is 2. The summed E-state index contributed by atoms with van der Waals surface area (Å²) < 4.78 is 9.69. The van der Waals surface area contributed by atoms with E-state index in [4.69, 9.17) is 20.9 Å². The van der Waals surface area contributed by atoms with Crippen molar-refractivity contribution in [2.75, 3.05) is 13.2 Å². The molecular formula is C14H20N2O4. The third kappa shape index (κ3) is 4.04.